The van der Waals surface area contributed by atoms with Gasteiger partial charge in [-0.25, -0.2) is 13.2 Å². The Labute approximate surface area is 140 Å². The summed E-state index contributed by atoms with van der Waals surface area (Å²) in [6.45, 7) is 2.04. The highest BCUT2D eigenvalue weighted by molar-refractivity contribution is 5.70. The molecule has 2 unspecified atom stereocenters. The molecule has 0 aliphatic heterocycles. The minimum Gasteiger partial charge on any atom is -0.481 e. The van der Waals surface area contributed by atoms with Gasteiger partial charge in [-0.1, -0.05) is 6.92 Å². The average Bonchev–Trinajstić information content (AvgIpc) is 2.56. The van der Waals surface area contributed by atoms with Crippen LogP contribution < -0.4 is 5.73 Å². The molecule has 2 rings (SSSR count). The minimum atomic E-state index is -1.53. The molecule has 1 aliphatic rings. The molecule has 0 heterocycles. The van der Waals surface area contributed by atoms with E-state index in [1.165, 1.54) is 0 Å². The number of rotatable bonds is 6. The van der Waals surface area contributed by atoms with Crippen LogP contribution >= 0.6 is 0 Å². The van der Waals surface area contributed by atoms with Gasteiger partial charge in [0.2, 0.25) is 0 Å². The third kappa shape index (κ3) is 4.29. The molecule has 2 atom stereocenters. The quantitative estimate of drug-likeness (QED) is 0.770. The summed E-state index contributed by atoms with van der Waals surface area (Å²) >= 11 is 0. The third-order valence-corrected chi connectivity index (χ3v) is 5.28. The van der Waals surface area contributed by atoms with Crippen molar-refractivity contribution in [2.24, 2.45) is 23.5 Å². The number of carboxylic acid groups (broad SMARTS) is 1. The first kappa shape index (κ1) is 18.8. The Morgan fingerprint density at radius 3 is 2.12 bits per heavy atom. The summed E-state index contributed by atoms with van der Waals surface area (Å²) in [4.78, 5) is 11.6. The van der Waals surface area contributed by atoms with Crippen LogP contribution in [0, 0.1) is 35.2 Å². The summed E-state index contributed by atoms with van der Waals surface area (Å²) in [5, 5.41) is 9.52. The zero-order chi connectivity index (χ0) is 17.9. The van der Waals surface area contributed by atoms with Crippen LogP contribution in [0.2, 0.25) is 0 Å². The number of halogens is 3. The Kier molecular flexibility index (Phi) is 6.27. The molecule has 0 amide bonds. The molecule has 1 aliphatic carbocycles. The maximum absolute atomic E-state index is 13.3. The van der Waals surface area contributed by atoms with E-state index in [4.69, 9.17) is 5.73 Å². The van der Waals surface area contributed by atoms with Crippen LogP contribution in [0.15, 0.2) is 12.1 Å². The molecule has 3 N–H and O–H groups in total. The van der Waals surface area contributed by atoms with E-state index in [-0.39, 0.29) is 23.9 Å². The summed E-state index contributed by atoms with van der Waals surface area (Å²) in [6.07, 6.45) is 4.11. The fourth-order valence-electron chi connectivity index (χ4n) is 3.74. The van der Waals surface area contributed by atoms with Crippen molar-refractivity contribution in [3.05, 3.63) is 35.1 Å². The van der Waals surface area contributed by atoms with Crippen LogP contribution in [0.5, 0.6) is 0 Å². The lowest BCUT2D eigenvalue weighted by atomic mass is 9.72. The number of nitrogens with two attached hydrogens (primary N) is 1. The number of hydrogen-bond donors (Lipinski definition) is 2. The lowest BCUT2D eigenvalue weighted by Crippen LogP contribution is -2.35. The topological polar surface area (TPSA) is 63.3 Å². The molecule has 0 radical (unpaired) electrons. The predicted molar refractivity (Wildman–Crippen MR) is 84.9 cm³/mol. The van der Waals surface area contributed by atoms with E-state index in [0.29, 0.717) is 5.92 Å². The van der Waals surface area contributed by atoms with E-state index < -0.39 is 29.3 Å². The molecule has 1 fully saturated rings. The smallest absolute Gasteiger partial charge is 0.307 e. The Morgan fingerprint density at radius 1 is 1.17 bits per heavy atom. The van der Waals surface area contributed by atoms with Crippen molar-refractivity contribution in [2.45, 2.75) is 51.5 Å². The monoisotopic (exact) mass is 343 g/mol. The van der Waals surface area contributed by atoms with Crippen LogP contribution in [0.1, 0.15) is 44.6 Å². The van der Waals surface area contributed by atoms with Crippen molar-refractivity contribution >= 4 is 5.97 Å². The van der Waals surface area contributed by atoms with Gasteiger partial charge in [0, 0.05) is 6.04 Å². The molecule has 0 bridgehead atoms. The normalized spacial score (nSPS) is 23.7. The van der Waals surface area contributed by atoms with E-state index in [9.17, 15) is 23.1 Å². The molecule has 134 valence electrons. The largest absolute Gasteiger partial charge is 0.481 e. The number of hydrogen-bond acceptors (Lipinski definition) is 2. The van der Waals surface area contributed by atoms with Gasteiger partial charge in [-0.05, 0) is 68.1 Å². The summed E-state index contributed by atoms with van der Waals surface area (Å²) in [5.41, 5.74) is 6.24. The van der Waals surface area contributed by atoms with Gasteiger partial charge in [0.15, 0.2) is 17.5 Å². The van der Waals surface area contributed by atoms with Crippen molar-refractivity contribution in [1.29, 1.82) is 0 Å². The van der Waals surface area contributed by atoms with Crippen molar-refractivity contribution in [3.63, 3.8) is 0 Å². The van der Waals surface area contributed by atoms with E-state index in [2.05, 4.69) is 0 Å². The zero-order valence-electron chi connectivity index (χ0n) is 13.8. The van der Waals surface area contributed by atoms with Crippen LogP contribution in [-0.2, 0) is 11.2 Å². The van der Waals surface area contributed by atoms with E-state index in [1.807, 2.05) is 6.92 Å². The molecule has 1 aromatic carbocycles. The molecule has 24 heavy (non-hydrogen) atoms. The zero-order valence-corrected chi connectivity index (χ0v) is 13.8. The van der Waals surface area contributed by atoms with Gasteiger partial charge < -0.3 is 10.8 Å². The van der Waals surface area contributed by atoms with Gasteiger partial charge in [0.1, 0.15) is 0 Å². The van der Waals surface area contributed by atoms with Crippen LogP contribution in [0.3, 0.4) is 0 Å². The SMILES string of the molecule is CCC(N)C1CCC(C(Cc2cc(F)c(F)c(F)c2)C(=O)O)CC1. The number of aliphatic carboxylic acids is 1. The minimum absolute atomic E-state index is 0.00137. The Balaban J connectivity index is 2.07. The van der Waals surface area contributed by atoms with Crippen LogP contribution in [-0.4, -0.2) is 17.1 Å². The van der Waals surface area contributed by atoms with Crippen LogP contribution in [0.4, 0.5) is 13.2 Å². The van der Waals surface area contributed by atoms with Gasteiger partial charge in [-0.15, -0.1) is 0 Å². The fraction of sp³-hybridized carbons (Fsp3) is 0.611. The standard InChI is InChI=1S/C18H24F3NO2/c1-2-16(22)12-5-3-11(4-6-12)13(18(23)24)7-10-8-14(19)17(21)15(20)9-10/h8-9,11-13,16H,2-7,22H2,1H3,(H,23,24). The lowest BCUT2D eigenvalue weighted by molar-refractivity contribution is -0.144. The number of benzene rings is 1. The second kappa shape index (κ2) is 8.01. The highest BCUT2D eigenvalue weighted by Gasteiger charge is 2.33. The first-order chi connectivity index (χ1) is 11.3. The van der Waals surface area contributed by atoms with Gasteiger partial charge in [0.05, 0.1) is 5.92 Å². The van der Waals surface area contributed by atoms with Gasteiger partial charge in [-0.3, -0.25) is 4.79 Å². The molecule has 0 saturated heterocycles. The van der Waals surface area contributed by atoms with Crippen molar-refractivity contribution in [3.8, 4) is 0 Å². The molecule has 1 aromatic rings. The first-order valence-electron chi connectivity index (χ1n) is 8.45. The summed E-state index contributed by atoms with van der Waals surface area (Å²) < 4.78 is 39.7. The van der Waals surface area contributed by atoms with Crippen molar-refractivity contribution in [1.82, 2.24) is 0 Å². The second-order valence-corrected chi connectivity index (χ2v) is 6.77. The van der Waals surface area contributed by atoms with Crippen LogP contribution in [0.25, 0.3) is 0 Å². The number of carboxylic acids is 1. The van der Waals surface area contributed by atoms with E-state index in [0.717, 1.165) is 44.2 Å². The van der Waals surface area contributed by atoms with E-state index in [1.54, 1.807) is 0 Å². The summed E-state index contributed by atoms with van der Waals surface area (Å²) in [7, 11) is 0. The molecule has 6 heteroatoms. The predicted octanol–water partition coefficient (Wildman–Crippen LogP) is 3.89. The fourth-order valence-corrected chi connectivity index (χ4v) is 3.74. The average molecular weight is 343 g/mol. The molecule has 1 saturated carbocycles. The highest BCUT2D eigenvalue weighted by Crippen LogP contribution is 2.36. The maximum Gasteiger partial charge on any atom is 0.307 e. The van der Waals surface area contributed by atoms with E-state index >= 15 is 0 Å². The van der Waals surface area contributed by atoms with Gasteiger partial charge >= 0.3 is 5.97 Å². The van der Waals surface area contributed by atoms with Gasteiger partial charge in [0.25, 0.3) is 0 Å². The molecule has 0 spiro atoms. The highest BCUT2D eigenvalue weighted by atomic mass is 19.2. The first-order valence-corrected chi connectivity index (χ1v) is 8.45. The molecule has 0 aromatic heterocycles. The second-order valence-electron chi connectivity index (χ2n) is 6.77. The summed E-state index contributed by atoms with van der Waals surface area (Å²) in [6, 6.07) is 1.90. The van der Waals surface area contributed by atoms with Crippen molar-refractivity contribution < 1.29 is 23.1 Å². The third-order valence-electron chi connectivity index (χ3n) is 5.28. The Bertz CT molecular complexity index is 563. The lowest BCUT2D eigenvalue weighted by Gasteiger charge is -2.34. The van der Waals surface area contributed by atoms with Crippen molar-refractivity contribution in [2.75, 3.05) is 0 Å². The molecular weight excluding hydrogens is 319 g/mol. The maximum atomic E-state index is 13.3. The summed E-state index contributed by atoms with van der Waals surface area (Å²) in [5.74, 6) is -5.46. The Morgan fingerprint density at radius 2 is 1.67 bits per heavy atom. The molecular formula is C18H24F3NO2. The molecule has 3 nitrogen and oxygen atoms in total. The van der Waals surface area contributed by atoms with Gasteiger partial charge in [-0.2, -0.15) is 0 Å². The number of carbonyl (C=O) groups is 1. The Hall–Kier alpha value is -1.56.